The van der Waals surface area contributed by atoms with Crippen LogP contribution in [0.25, 0.3) is 22.6 Å². The largest absolute Gasteiger partial charge is 0.348 e. The van der Waals surface area contributed by atoms with Gasteiger partial charge in [0, 0.05) is 42.9 Å². The highest BCUT2D eigenvalue weighted by molar-refractivity contribution is 5.98. The summed E-state index contributed by atoms with van der Waals surface area (Å²) in [5.41, 5.74) is 5.83. The molecule has 33 heavy (non-hydrogen) atoms. The molecule has 8 nitrogen and oxygen atoms in total. The van der Waals surface area contributed by atoms with Gasteiger partial charge in [-0.25, -0.2) is 9.67 Å². The van der Waals surface area contributed by atoms with Crippen LogP contribution in [0.3, 0.4) is 0 Å². The molecule has 0 atom stereocenters. The van der Waals surface area contributed by atoms with Crippen molar-refractivity contribution < 1.29 is 4.79 Å². The Balaban J connectivity index is 1.25. The first-order valence-corrected chi connectivity index (χ1v) is 11.4. The molecule has 2 N–H and O–H groups in total. The molecule has 2 aromatic carbocycles. The van der Waals surface area contributed by atoms with Gasteiger partial charge < -0.3 is 15.2 Å². The molecule has 0 radical (unpaired) electrons. The van der Waals surface area contributed by atoms with Crippen molar-refractivity contribution in [3.8, 4) is 22.6 Å². The van der Waals surface area contributed by atoms with Crippen LogP contribution in [0.4, 0.5) is 11.6 Å². The molecule has 0 saturated heterocycles. The molecule has 6 rings (SSSR count). The average Bonchev–Trinajstić information content (AvgIpc) is 3.33. The second-order valence-corrected chi connectivity index (χ2v) is 8.67. The second kappa shape index (κ2) is 7.58. The topological polar surface area (TPSA) is 89.7 Å². The predicted octanol–water partition coefficient (Wildman–Crippen LogP) is 4.23. The van der Waals surface area contributed by atoms with Crippen LogP contribution in [0, 0.1) is 0 Å². The molecule has 0 spiro atoms. The minimum atomic E-state index is -0.0195. The molecule has 1 fully saturated rings. The van der Waals surface area contributed by atoms with Crippen molar-refractivity contribution in [2.75, 3.05) is 5.32 Å². The van der Waals surface area contributed by atoms with E-state index < -0.39 is 0 Å². The van der Waals surface area contributed by atoms with Crippen LogP contribution in [-0.4, -0.2) is 30.2 Å². The lowest BCUT2D eigenvalue weighted by molar-refractivity contribution is 0.0966. The number of aromatic nitrogens is 5. The average molecular weight is 440 g/mol. The van der Waals surface area contributed by atoms with Crippen molar-refractivity contribution in [3.63, 3.8) is 0 Å². The summed E-state index contributed by atoms with van der Waals surface area (Å²) in [6.07, 6.45) is 4.45. The van der Waals surface area contributed by atoms with Crippen LogP contribution < -0.4 is 10.6 Å². The molecule has 1 aliphatic heterocycles. The van der Waals surface area contributed by atoms with Crippen LogP contribution in [0.1, 0.15) is 47.4 Å². The van der Waals surface area contributed by atoms with Crippen LogP contribution >= 0.6 is 0 Å². The molecule has 3 heterocycles. The maximum absolute atomic E-state index is 11.8. The zero-order chi connectivity index (χ0) is 22.5. The fourth-order valence-electron chi connectivity index (χ4n) is 4.42. The van der Waals surface area contributed by atoms with E-state index in [1.165, 1.54) is 18.7 Å². The van der Waals surface area contributed by atoms with E-state index in [4.69, 9.17) is 10.1 Å². The third-order valence-corrected chi connectivity index (χ3v) is 6.42. The van der Waals surface area contributed by atoms with Crippen molar-refractivity contribution in [1.29, 1.82) is 0 Å². The Hall–Kier alpha value is -3.94. The van der Waals surface area contributed by atoms with Crippen molar-refractivity contribution >= 4 is 17.5 Å². The molecule has 166 valence electrons. The van der Waals surface area contributed by atoms with Crippen molar-refractivity contribution in [2.45, 2.75) is 38.8 Å². The second-order valence-electron chi connectivity index (χ2n) is 8.67. The predicted molar refractivity (Wildman–Crippen MR) is 126 cm³/mol. The quantitative estimate of drug-likeness (QED) is 0.469. The Labute approximate surface area is 191 Å². The van der Waals surface area contributed by atoms with Crippen LogP contribution in [0.2, 0.25) is 0 Å². The van der Waals surface area contributed by atoms with Gasteiger partial charge in [-0.05, 0) is 49.1 Å². The van der Waals surface area contributed by atoms with E-state index in [1.807, 2.05) is 36.0 Å². The number of carbonyl (C=O) groups is 1. The van der Waals surface area contributed by atoms with E-state index in [0.29, 0.717) is 30.8 Å². The molecule has 2 aliphatic rings. The first kappa shape index (κ1) is 19.7. The maximum atomic E-state index is 11.8. The number of fused-ring (bicyclic) bond motifs is 1. The summed E-state index contributed by atoms with van der Waals surface area (Å²) in [7, 11) is 2.09. The fraction of sp³-hybridized carbons (Fsp3) is 0.280. The van der Waals surface area contributed by atoms with Gasteiger partial charge in [0.15, 0.2) is 5.82 Å². The van der Waals surface area contributed by atoms with Crippen LogP contribution in [-0.2, 0) is 20.1 Å². The van der Waals surface area contributed by atoms with Crippen molar-refractivity contribution in [2.24, 2.45) is 7.05 Å². The number of imidazole rings is 1. The molecular weight excluding hydrogens is 414 g/mol. The highest BCUT2D eigenvalue weighted by Gasteiger charge is 2.28. The number of hydrogen-bond acceptors (Lipinski definition) is 5. The number of nitrogens with one attached hydrogen (secondary N) is 2. The number of anilines is 2. The van der Waals surface area contributed by atoms with E-state index in [1.54, 1.807) is 0 Å². The Morgan fingerprint density at radius 2 is 1.91 bits per heavy atom. The minimum Gasteiger partial charge on any atom is -0.348 e. The first-order chi connectivity index (χ1) is 16.1. The Morgan fingerprint density at radius 1 is 1.12 bits per heavy atom. The van der Waals surface area contributed by atoms with Crippen LogP contribution in [0.15, 0.2) is 48.7 Å². The van der Waals surface area contributed by atoms with Gasteiger partial charge in [-0.2, -0.15) is 4.98 Å². The number of benzene rings is 2. The third-order valence-electron chi connectivity index (χ3n) is 6.42. The van der Waals surface area contributed by atoms with Gasteiger partial charge in [0.2, 0.25) is 5.95 Å². The van der Waals surface area contributed by atoms with Gasteiger partial charge >= 0.3 is 0 Å². The molecule has 0 unspecified atom stereocenters. The number of nitrogens with zero attached hydrogens (tertiary/aromatic N) is 5. The summed E-state index contributed by atoms with van der Waals surface area (Å²) in [6, 6.07) is 14.1. The fourth-order valence-corrected chi connectivity index (χ4v) is 4.42. The highest BCUT2D eigenvalue weighted by Crippen LogP contribution is 2.40. The summed E-state index contributed by atoms with van der Waals surface area (Å²) >= 11 is 0. The molecule has 8 heteroatoms. The van der Waals surface area contributed by atoms with Crippen molar-refractivity contribution in [3.05, 3.63) is 65.6 Å². The van der Waals surface area contributed by atoms with Gasteiger partial charge in [-0.15, -0.1) is 5.10 Å². The normalized spacial score (nSPS) is 14.9. The van der Waals surface area contributed by atoms with Gasteiger partial charge in [0.25, 0.3) is 5.91 Å². The Morgan fingerprint density at radius 3 is 2.67 bits per heavy atom. The molecule has 4 aromatic rings. The number of hydrogen-bond donors (Lipinski definition) is 2. The van der Waals surface area contributed by atoms with Gasteiger partial charge in [-0.3, -0.25) is 4.79 Å². The minimum absolute atomic E-state index is 0.0195. The standard InChI is InChI=1S/C25H25N7O/c1-3-32-25(28-19-10-11-20-18(12-19)13-27-24(20)33)29-22(30-32)16-6-4-15(5-7-16)21-14-26-23(31(21)2)17-8-9-17/h4-7,10-12,14,17H,3,8-9,13H2,1-2H3,(H,27,33)(H,28,29,30). The molecule has 1 saturated carbocycles. The lowest BCUT2D eigenvalue weighted by atomic mass is 10.1. The smallest absolute Gasteiger partial charge is 0.251 e. The van der Waals surface area contributed by atoms with E-state index in [-0.39, 0.29) is 5.91 Å². The van der Waals surface area contributed by atoms with E-state index in [9.17, 15) is 4.79 Å². The van der Waals surface area contributed by atoms with E-state index in [2.05, 4.69) is 51.5 Å². The maximum Gasteiger partial charge on any atom is 0.251 e. The summed E-state index contributed by atoms with van der Waals surface area (Å²) in [4.78, 5) is 21.2. The zero-order valence-electron chi connectivity index (χ0n) is 18.7. The monoisotopic (exact) mass is 439 g/mol. The van der Waals surface area contributed by atoms with E-state index in [0.717, 1.165) is 33.6 Å². The highest BCUT2D eigenvalue weighted by atomic mass is 16.1. The molecule has 2 aromatic heterocycles. The summed E-state index contributed by atoms with van der Waals surface area (Å²) in [5, 5.41) is 10.9. The lowest BCUT2D eigenvalue weighted by Crippen LogP contribution is -2.12. The molecule has 1 aliphatic carbocycles. The molecule has 1 amide bonds. The number of amides is 1. The SMILES string of the molecule is CCn1nc(-c2ccc(-c3cnc(C4CC4)n3C)cc2)nc1Nc1ccc2c(c1)CNC2=O. The zero-order valence-corrected chi connectivity index (χ0v) is 18.7. The van der Waals surface area contributed by atoms with Crippen LogP contribution in [0.5, 0.6) is 0 Å². The number of rotatable bonds is 6. The Kier molecular flexibility index (Phi) is 4.53. The summed E-state index contributed by atoms with van der Waals surface area (Å²) in [5.74, 6) is 3.13. The first-order valence-electron chi connectivity index (χ1n) is 11.4. The summed E-state index contributed by atoms with van der Waals surface area (Å²) < 4.78 is 4.06. The van der Waals surface area contributed by atoms with Gasteiger partial charge in [0.05, 0.1) is 11.9 Å². The van der Waals surface area contributed by atoms with Gasteiger partial charge in [-0.1, -0.05) is 24.3 Å². The van der Waals surface area contributed by atoms with Gasteiger partial charge in [0.1, 0.15) is 5.82 Å². The summed E-state index contributed by atoms with van der Waals surface area (Å²) in [6.45, 7) is 3.29. The lowest BCUT2D eigenvalue weighted by Gasteiger charge is -2.07. The molecular formula is C25H25N7O. The Bertz CT molecular complexity index is 1360. The number of aryl methyl sites for hydroxylation is 1. The van der Waals surface area contributed by atoms with Crippen molar-refractivity contribution in [1.82, 2.24) is 29.6 Å². The number of carbonyl (C=O) groups excluding carboxylic acids is 1. The molecule has 0 bridgehead atoms. The third kappa shape index (κ3) is 3.47. The van der Waals surface area contributed by atoms with E-state index >= 15 is 0 Å².